The van der Waals surface area contributed by atoms with Crippen molar-refractivity contribution in [3.8, 4) is 0 Å². The molecule has 1 spiro atoms. The van der Waals surface area contributed by atoms with Crippen molar-refractivity contribution in [1.82, 2.24) is 0 Å². The Bertz CT molecular complexity index is 122. The third kappa shape index (κ3) is 0.544. The zero-order valence-electron chi connectivity index (χ0n) is 6.48. The minimum Gasteiger partial charge on any atom is -0.0622 e. The summed E-state index contributed by atoms with van der Waals surface area (Å²) in [7, 11) is 0. The molecule has 2 aliphatic carbocycles. The molecule has 0 heterocycles. The van der Waals surface area contributed by atoms with E-state index in [1.54, 1.807) is 12.8 Å². The second-order valence-electron chi connectivity index (χ2n) is 4.19. The van der Waals surface area contributed by atoms with Gasteiger partial charge in [-0.2, -0.15) is 0 Å². The van der Waals surface area contributed by atoms with Crippen molar-refractivity contribution in [2.45, 2.75) is 39.5 Å². The average Bonchev–Trinajstić information content (AvgIpc) is 1.77. The summed E-state index contributed by atoms with van der Waals surface area (Å²) in [6.45, 7) is 4.83. The average molecular weight is 124 g/mol. The predicted molar refractivity (Wildman–Crippen MR) is 39.2 cm³/mol. The molecule has 0 N–H and O–H groups in total. The first kappa shape index (κ1) is 5.76. The highest BCUT2D eigenvalue weighted by atomic mass is 14.6. The molecule has 0 aromatic rings. The first-order valence-electron chi connectivity index (χ1n) is 4.25. The molecule has 2 fully saturated rings. The van der Waals surface area contributed by atoms with Crippen LogP contribution in [-0.2, 0) is 0 Å². The molecular weight excluding hydrogens is 108 g/mol. The van der Waals surface area contributed by atoms with Gasteiger partial charge in [-0.1, -0.05) is 20.3 Å². The Hall–Kier alpha value is 0. The molecule has 52 valence electrons. The van der Waals surface area contributed by atoms with Gasteiger partial charge in [0.05, 0.1) is 0 Å². The maximum Gasteiger partial charge on any atom is -0.0267 e. The van der Waals surface area contributed by atoms with Crippen LogP contribution < -0.4 is 0 Å². The van der Waals surface area contributed by atoms with Gasteiger partial charge in [0, 0.05) is 0 Å². The number of rotatable bonds is 0. The molecule has 0 bridgehead atoms. The highest BCUT2D eigenvalue weighted by Gasteiger charge is 2.52. The van der Waals surface area contributed by atoms with Crippen molar-refractivity contribution >= 4 is 0 Å². The summed E-state index contributed by atoms with van der Waals surface area (Å²) in [4.78, 5) is 0. The van der Waals surface area contributed by atoms with Crippen LogP contribution in [0.4, 0.5) is 0 Å². The lowest BCUT2D eigenvalue weighted by Gasteiger charge is -2.59. The van der Waals surface area contributed by atoms with Gasteiger partial charge in [0.1, 0.15) is 0 Å². The predicted octanol–water partition coefficient (Wildman–Crippen LogP) is 2.83. The molecule has 2 aliphatic rings. The van der Waals surface area contributed by atoms with E-state index >= 15 is 0 Å². The monoisotopic (exact) mass is 124 g/mol. The SMILES string of the molecule is CC1CC2(CCC2)C1C. The first-order chi connectivity index (χ1) is 4.25. The second kappa shape index (κ2) is 1.53. The Labute approximate surface area is 57.6 Å². The zero-order chi connectivity index (χ0) is 6.48. The van der Waals surface area contributed by atoms with Gasteiger partial charge in [-0.05, 0) is 36.5 Å². The van der Waals surface area contributed by atoms with E-state index in [1.807, 2.05) is 0 Å². The summed E-state index contributed by atoms with van der Waals surface area (Å²) in [6, 6.07) is 0. The molecule has 0 radical (unpaired) electrons. The van der Waals surface area contributed by atoms with Crippen LogP contribution in [-0.4, -0.2) is 0 Å². The summed E-state index contributed by atoms with van der Waals surface area (Å²) in [6.07, 6.45) is 6.13. The van der Waals surface area contributed by atoms with Gasteiger partial charge < -0.3 is 0 Å². The fourth-order valence-corrected chi connectivity index (χ4v) is 2.74. The molecular formula is C9H16. The Morgan fingerprint density at radius 2 is 1.89 bits per heavy atom. The van der Waals surface area contributed by atoms with Gasteiger partial charge >= 0.3 is 0 Å². The summed E-state index contributed by atoms with van der Waals surface area (Å²) in [5.41, 5.74) is 0.874. The van der Waals surface area contributed by atoms with Crippen molar-refractivity contribution < 1.29 is 0 Å². The molecule has 2 unspecified atom stereocenters. The quantitative estimate of drug-likeness (QED) is 0.466. The van der Waals surface area contributed by atoms with Crippen LogP contribution in [0.2, 0.25) is 0 Å². The standard InChI is InChI=1S/C9H16/c1-7-6-9(8(7)2)4-3-5-9/h7-8H,3-6H2,1-2H3. The molecule has 0 aliphatic heterocycles. The van der Waals surface area contributed by atoms with E-state index in [9.17, 15) is 0 Å². The third-order valence-corrected chi connectivity index (χ3v) is 3.90. The molecule has 0 amide bonds. The molecule has 0 aromatic carbocycles. The molecule has 0 heteroatoms. The van der Waals surface area contributed by atoms with E-state index < -0.39 is 0 Å². The smallest absolute Gasteiger partial charge is 0.0267 e. The second-order valence-corrected chi connectivity index (χ2v) is 4.19. The van der Waals surface area contributed by atoms with E-state index in [0.29, 0.717) is 0 Å². The highest BCUT2D eigenvalue weighted by molar-refractivity contribution is 5.02. The maximum absolute atomic E-state index is 2.44. The summed E-state index contributed by atoms with van der Waals surface area (Å²) < 4.78 is 0. The zero-order valence-corrected chi connectivity index (χ0v) is 6.48. The first-order valence-corrected chi connectivity index (χ1v) is 4.25. The maximum atomic E-state index is 2.44. The number of hydrogen-bond acceptors (Lipinski definition) is 0. The molecule has 2 rings (SSSR count). The molecule has 2 saturated carbocycles. The fourth-order valence-electron chi connectivity index (χ4n) is 2.74. The van der Waals surface area contributed by atoms with Gasteiger partial charge in [0.2, 0.25) is 0 Å². The molecule has 2 atom stereocenters. The highest BCUT2D eigenvalue weighted by Crippen LogP contribution is 2.62. The molecule has 0 saturated heterocycles. The van der Waals surface area contributed by atoms with E-state index in [4.69, 9.17) is 0 Å². The van der Waals surface area contributed by atoms with E-state index in [0.717, 1.165) is 17.3 Å². The lowest BCUT2D eigenvalue weighted by molar-refractivity contribution is -0.0872. The van der Waals surface area contributed by atoms with Crippen molar-refractivity contribution in [2.75, 3.05) is 0 Å². The Morgan fingerprint density at radius 3 is 2.00 bits per heavy atom. The van der Waals surface area contributed by atoms with Crippen LogP contribution in [0.1, 0.15) is 39.5 Å². The van der Waals surface area contributed by atoms with Gasteiger partial charge in [-0.15, -0.1) is 0 Å². The summed E-state index contributed by atoms with van der Waals surface area (Å²) in [5, 5.41) is 0. The van der Waals surface area contributed by atoms with Crippen LogP contribution in [0.5, 0.6) is 0 Å². The molecule has 0 aromatic heterocycles. The number of hydrogen-bond donors (Lipinski definition) is 0. The van der Waals surface area contributed by atoms with Gasteiger partial charge in [0.15, 0.2) is 0 Å². The molecule has 0 nitrogen and oxygen atoms in total. The van der Waals surface area contributed by atoms with Gasteiger partial charge in [-0.3, -0.25) is 0 Å². The summed E-state index contributed by atoms with van der Waals surface area (Å²) >= 11 is 0. The van der Waals surface area contributed by atoms with Crippen molar-refractivity contribution in [3.63, 3.8) is 0 Å². The lowest BCUT2D eigenvalue weighted by Crippen LogP contribution is -2.49. The van der Waals surface area contributed by atoms with Crippen molar-refractivity contribution in [1.29, 1.82) is 0 Å². The third-order valence-electron chi connectivity index (χ3n) is 3.90. The van der Waals surface area contributed by atoms with Crippen molar-refractivity contribution in [2.24, 2.45) is 17.3 Å². The molecule has 9 heavy (non-hydrogen) atoms. The Balaban J connectivity index is 2.02. The largest absolute Gasteiger partial charge is 0.0622 e. The Kier molecular flexibility index (Phi) is 0.980. The van der Waals surface area contributed by atoms with E-state index in [1.165, 1.54) is 12.8 Å². The normalized spacial score (nSPS) is 46.0. The lowest BCUT2D eigenvalue weighted by atomic mass is 9.46. The minimum atomic E-state index is 0.874. The van der Waals surface area contributed by atoms with Crippen LogP contribution in [0, 0.1) is 17.3 Å². The van der Waals surface area contributed by atoms with Crippen LogP contribution in [0.3, 0.4) is 0 Å². The van der Waals surface area contributed by atoms with Crippen LogP contribution in [0.15, 0.2) is 0 Å². The topological polar surface area (TPSA) is 0 Å². The minimum absolute atomic E-state index is 0.874. The Morgan fingerprint density at radius 1 is 1.22 bits per heavy atom. The van der Waals surface area contributed by atoms with Crippen LogP contribution >= 0.6 is 0 Å². The van der Waals surface area contributed by atoms with Gasteiger partial charge in [-0.25, -0.2) is 0 Å². The van der Waals surface area contributed by atoms with Gasteiger partial charge in [0.25, 0.3) is 0 Å². The van der Waals surface area contributed by atoms with Crippen molar-refractivity contribution in [3.05, 3.63) is 0 Å². The fraction of sp³-hybridized carbons (Fsp3) is 1.00. The van der Waals surface area contributed by atoms with E-state index in [-0.39, 0.29) is 0 Å². The van der Waals surface area contributed by atoms with E-state index in [2.05, 4.69) is 13.8 Å². The summed E-state index contributed by atoms with van der Waals surface area (Å²) in [5.74, 6) is 2.08. The van der Waals surface area contributed by atoms with Crippen LogP contribution in [0.25, 0.3) is 0 Å².